The molecule has 160 valence electrons. The summed E-state index contributed by atoms with van der Waals surface area (Å²) in [6, 6.07) is 0.821. The van der Waals surface area contributed by atoms with Crippen LogP contribution in [0.4, 0.5) is 0 Å². The van der Waals surface area contributed by atoms with E-state index in [1.807, 2.05) is 0 Å². The Morgan fingerprint density at radius 2 is 1.42 bits per heavy atom. The van der Waals surface area contributed by atoms with Gasteiger partial charge in [-0.25, -0.2) is 0 Å². The lowest BCUT2D eigenvalue weighted by atomic mass is 9.83. The van der Waals surface area contributed by atoms with Crippen molar-refractivity contribution in [1.82, 2.24) is 10.2 Å². The van der Waals surface area contributed by atoms with Gasteiger partial charge in [-0.3, -0.25) is 0 Å². The van der Waals surface area contributed by atoms with Gasteiger partial charge in [-0.05, 0) is 73.5 Å². The molecule has 0 aromatic heterocycles. The molecule has 1 aliphatic heterocycles. The van der Waals surface area contributed by atoms with Crippen LogP contribution in [-0.2, 0) is 0 Å². The molecule has 1 unspecified atom stereocenters. The fourth-order valence-electron chi connectivity index (χ4n) is 2.83. The van der Waals surface area contributed by atoms with Gasteiger partial charge in [0.15, 0.2) is 0 Å². The fourth-order valence-corrected chi connectivity index (χ4v) is 2.83. The van der Waals surface area contributed by atoms with Crippen LogP contribution >= 0.6 is 17.0 Å². The van der Waals surface area contributed by atoms with E-state index in [2.05, 4.69) is 32.8 Å². The molecule has 1 saturated heterocycles. The lowest BCUT2D eigenvalue weighted by Gasteiger charge is -2.42. The minimum Gasteiger partial charge on any atom is -0.307 e. The van der Waals surface area contributed by atoms with E-state index in [0.717, 1.165) is 6.04 Å². The highest BCUT2D eigenvalue weighted by atomic mass is 79.9. The Kier molecular flexibility index (Phi) is 6.16. The number of halogens is 1. The van der Waals surface area contributed by atoms with E-state index in [1.54, 1.807) is 0 Å². The molecule has 0 bridgehead atoms. The molecule has 0 aromatic carbocycles. The summed E-state index contributed by atoms with van der Waals surface area (Å²) in [6.07, 6.45) is 4.40. The van der Waals surface area contributed by atoms with Gasteiger partial charge in [0.1, 0.15) is 0 Å². The first-order valence-electron chi connectivity index (χ1n) is 17.6. The van der Waals surface area contributed by atoms with Crippen molar-refractivity contribution in [2.24, 2.45) is 0 Å². The first kappa shape index (κ1) is 10.4. The highest BCUT2D eigenvalue weighted by molar-refractivity contribution is 8.93. The van der Waals surface area contributed by atoms with Crippen molar-refractivity contribution in [3.8, 4) is 0 Å². The number of hydrogen-bond donors (Lipinski definition) is 1. The lowest BCUT2D eigenvalue weighted by molar-refractivity contribution is 0.183. The largest absolute Gasteiger partial charge is 0.307 e. The average molecular weight is 452 g/mol. The summed E-state index contributed by atoms with van der Waals surface area (Å²) in [6.45, 7) is -10.3. The summed E-state index contributed by atoms with van der Waals surface area (Å²) in [7, 11) is 4.44. The Morgan fingerprint density at radius 1 is 0.885 bits per heavy atom. The van der Waals surface area contributed by atoms with Gasteiger partial charge in [-0.1, -0.05) is 58.8 Å². The normalized spacial score (nSPS) is 34.2. The van der Waals surface area contributed by atoms with Crippen LogP contribution in [0.1, 0.15) is 140 Å². The van der Waals surface area contributed by atoms with E-state index in [1.165, 1.54) is 63.1 Å². The molecule has 2 nitrogen and oxygen atoms in total. The maximum absolute atomic E-state index is 7.96. The van der Waals surface area contributed by atoms with Gasteiger partial charge < -0.3 is 10.2 Å². The van der Waals surface area contributed by atoms with E-state index in [9.17, 15) is 0 Å². The highest BCUT2D eigenvalue weighted by Gasteiger charge is 2.31. The first-order valence-corrected chi connectivity index (χ1v) is 9.59. The lowest BCUT2D eigenvalue weighted by Crippen LogP contribution is -2.55. The van der Waals surface area contributed by atoms with Crippen LogP contribution in [0.3, 0.4) is 0 Å². The zero-order chi connectivity index (χ0) is 32.9. The number of rotatable bonds is 10. The third-order valence-electron chi connectivity index (χ3n) is 4.33. The maximum Gasteiger partial charge on any atom is 0.0285 e. The first-order chi connectivity index (χ1) is 18.1. The number of unbranched alkanes of at least 4 members (excludes halogenated alkanes) is 5. The molecule has 26 heavy (non-hydrogen) atoms. The van der Waals surface area contributed by atoms with Crippen LogP contribution in [-0.4, -0.2) is 36.1 Å². The maximum atomic E-state index is 7.96. The summed E-state index contributed by atoms with van der Waals surface area (Å²) in [4.78, 5) is 2.40. The summed E-state index contributed by atoms with van der Waals surface area (Å²) >= 11 is 0. The van der Waals surface area contributed by atoms with Crippen LogP contribution in [0.25, 0.3) is 0 Å². The van der Waals surface area contributed by atoms with Gasteiger partial charge in [0.25, 0.3) is 0 Å². The number of hydrogen-bond acceptors (Lipinski definition) is 2. The van der Waals surface area contributed by atoms with Gasteiger partial charge in [0.2, 0.25) is 0 Å². The van der Waals surface area contributed by atoms with Crippen molar-refractivity contribution in [2.45, 2.75) is 135 Å². The summed E-state index contributed by atoms with van der Waals surface area (Å²) < 4.78 is 123. The molecule has 3 heteroatoms. The van der Waals surface area contributed by atoms with E-state index >= 15 is 0 Å². The van der Waals surface area contributed by atoms with Crippen LogP contribution in [0.15, 0.2) is 0 Å². The molecule has 1 aliphatic rings. The second-order valence-corrected chi connectivity index (χ2v) is 7.12. The van der Waals surface area contributed by atoms with E-state index in [-0.39, 0.29) is 17.0 Å². The van der Waals surface area contributed by atoms with Crippen LogP contribution < -0.4 is 5.32 Å². The van der Waals surface area contributed by atoms with Crippen molar-refractivity contribution in [3.05, 3.63) is 0 Å². The monoisotopic (exact) mass is 450 g/mol. The van der Waals surface area contributed by atoms with Crippen LogP contribution in [0, 0.1) is 0 Å². The second kappa shape index (κ2) is 15.3. The molecule has 1 fully saturated rings. The SMILES string of the molecule is Br.CCCCCCCCC(CCC)N(C)C.[2H]C([2H])([2H])C1(C([2H])([2H])[2H])NC(C([2H])([2H])[2H])(C([2H])([2H])[2H])C([2H])([2H])CC1([2H])[2H]. The molecule has 0 amide bonds. The molecular weight excluding hydrogens is 384 g/mol. The highest BCUT2D eigenvalue weighted by Crippen LogP contribution is 2.27. The Balaban J connectivity index is 0. The smallest absolute Gasteiger partial charge is 0.0285 e. The summed E-state index contributed by atoms with van der Waals surface area (Å²) in [5.41, 5.74) is -7.25. The zero-order valence-corrected chi connectivity index (χ0v) is 18.7. The molecular formula is C23H51BrN2. The zero-order valence-electron chi connectivity index (χ0n) is 33.0. The summed E-state index contributed by atoms with van der Waals surface area (Å²) in [5.74, 6) is 0. The minimum absolute atomic E-state index is 0. The van der Waals surface area contributed by atoms with Crippen molar-refractivity contribution in [2.75, 3.05) is 14.1 Å². The predicted molar refractivity (Wildman–Crippen MR) is 126 cm³/mol. The Morgan fingerprint density at radius 3 is 1.88 bits per heavy atom. The molecule has 1 N–H and O–H groups in total. The van der Waals surface area contributed by atoms with Gasteiger partial charge in [0, 0.05) is 39.1 Å². The standard InChI is InChI=1S/C14H31N.C9H19N.BrH/c1-5-7-8-9-10-11-13-14(12-6-2)15(3)4;1-8(2)6-5-7-9(3,4)10-8;/h14H,5-13H2,1-4H3;10H,5-7H2,1-4H3;1H/i;1D3,2D3,3D3,4D3,6D2,7D2;. The molecule has 0 spiro atoms. The Bertz CT molecular complexity index is 711. The van der Waals surface area contributed by atoms with Crippen molar-refractivity contribution >= 4 is 17.0 Å². The Labute approximate surface area is 199 Å². The average Bonchev–Trinajstić information content (AvgIpc) is 2.70. The van der Waals surface area contributed by atoms with Gasteiger partial charge in [0.05, 0.1) is 0 Å². The molecule has 0 aromatic rings. The topological polar surface area (TPSA) is 15.3 Å². The third kappa shape index (κ3) is 15.5. The fraction of sp³-hybridized carbons (Fsp3) is 1.00. The quantitative estimate of drug-likeness (QED) is 0.349. The molecule has 1 atom stereocenters. The number of nitrogens with zero attached hydrogens (tertiary/aromatic N) is 1. The predicted octanol–water partition coefficient (Wildman–Crippen LogP) is 7.36. The van der Waals surface area contributed by atoms with E-state index in [4.69, 9.17) is 21.9 Å². The van der Waals surface area contributed by atoms with Crippen molar-refractivity contribution < 1.29 is 21.9 Å². The van der Waals surface area contributed by atoms with E-state index in [0.29, 0.717) is 0 Å². The third-order valence-corrected chi connectivity index (χ3v) is 4.33. The molecule has 0 radical (unpaired) electrons. The van der Waals surface area contributed by atoms with Crippen molar-refractivity contribution in [3.63, 3.8) is 0 Å². The van der Waals surface area contributed by atoms with Gasteiger partial charge in [-0.15, -0.1) is 17.0 Å². The molecule has 1 rings (SSSR count). The van der Waals surface area contributed by atoms with Gasteiger partial charge in [-0.2, -0.15) is 0 Å². The minimum atomic E-state index is -3.72. The van der Waals surface area contributed by atoms with Crippen LogP contribution in [0.5, 0.6) is 0 Å². The van der Waals surface area contributed by atoms with Crippen molar-refractivity contribution in [1.29, 1.82) is 0 Å². The number of nitrogens with one attached hydrogen (secondary N) is 1. The molecule has 0 aliphatic carbocycles. The van der Waals surface area contributed by atoms with E-state index < -0.39 is 57.7 Å². The summed E-state index contributed by atoms with van der Waals surface area (Å²) in [5, 5.41) is 1.52. The van der Waals surface area contributed by atoms with Crippen LogP contribution in [0.2, 0.25) is 0 Å². The Hall–Kier alpha value is 0.400. The molecule has 0 saturated carbocycles. The number of piperidine rings is 1. The molecule has 1 heterocycles. The second-order valence-electron chi connectivity index (χ2n) is 7.12. The van der Waals surface area contributed by atoms with Gasteiger partial charge >= 0.3 is 0 Å².